The van der Waals surface area contributed by atoms with E-state index in [4.69, 9.17) is 16.6 Å². The number of halogens is 1. The minimum Gasteiger partial charge on any atom is -0.394 e. The van der Waals surface area contributed by atoms with Gasteiger partial charge in [0.25, 0.3) is 0 Å². The summed E-state index contributed by atoms with van der Waals surface area (Å²) < 4.78 is 0. The minimum absolute atomic E-state index is 0.0187. The maximum Gasteiger partial charge on any atom is 0.223 e. The summed E-state index contributed by atoms with van der Waals surface area (Å²) in [7, 11) is 0. The lowest BCUT2D eigenvalue weighted by atomic mass is 9.78. The van der Waals surface area contributed by atoms with Gasteiger partial charge in [-0.25, -0.2) is 9.97 Å². The molecule has 2 atom stereocenters. The number of rotatable bonds is 6. The molecule has 3 aromatic carbocycles. The Bertz CT molecular complexity index is 1490. The Morgan fingerprint density at radius 1 is 1.03 bits per heavy atom. The van der Waals surface area contributed by atoms with E-state index in [1.165, 1.54) is 16.5 Å². The molecule has 6 heteroatoms. The molecular weight excluding hydrogens is 456 g/mol. The van der Waals surface area contributed by atoms with Gasteiger partial charge < -0.3 is 15.4 Å². The number of anilines is 1. The van der Waals surface area contributed by atoms with Crippen molar-refractivity contribution in [2.75, 3.05) is 11.9 Å². The van der Waals surface area contributed by atoms with Gasteiger partial charge in [0.1, 0.15) is 0 Å². The van der Waals surface area contributed by atoms with Gasteiger partial charge in [-0.05, 0) is 53.3 Å². The highest BCUT2D eigenvalue weighted by Crippen LogP contribution is 2.42. The van der Waals surface area contributed by atoms with Crippen LogP contribution in [0.15, 0.2) is 85.2 Å². The molecule has 1 aliphatic carbocycles. The van der Waals surface area contributed by atoms with Crippen LogP contribution in [0.1, 0.15) is 28.2 Å². The minimum atomic E-state index is -0.201. The summed E-state index contributed by atoms with van der Waals surface area (Å²) >= 11 is 6.13. The summed E-state index contributed by atoms with van der Waals surface area (Å²) in [5.74, 6) is 0.757. The number of aromatic nitrogens is 3. The number of hydrogen-bond donors (Lipinski definition) is 3. The first kappa shape index (κ1) is 21.8. The molecule has 35 heavy (non-hydrogen) atoms. The molecule has 0 saturated carbocycles. The molecule has 0 radical (unpaired) electrons. The van der Waals surface area contributed by atoms with Crippen molar-refractivity contribution in [1.82, 2.24) is 15.0 Å². The number of aliphatic hydroxyl groups is 1. The van der Waals surface area contributed by atoms with Crippen LogP contribution in [0.4, 0.5) is 5.95 Å². The van der Waals surface area contributed by atoms with Crippen molar-refractivity contribution in [3.05, 3.63) is 112 Å². The van der Waals surface area contributed by atoms with Crippen molar-refractivity contribution < 1.29 is 5.11 Å². The van der Waals surface area contributed by atoms with E-state index in [2.05, 4.69) is 63.8 Å². The van der Waals surface area contributed by atoms with Crippen molar-refractivity contribution >= 4 is 28.5 Å². The highest BCUT2D eigenvalue weighted by Gasteiger charge is 2.27. The highest BCUT2D eigenvalue weighted by molar-refractivity contribution is 6.30. The van der Waals surface area contributed by atoms with E-state index in [0.717, 1.165) is 39.3 Å². The molecule has 1 aliphatic rings. The van der Waals surface area contributed by atoms with E-state index in [9.17, 15) is 5.11 Å². The standard InChI is InChI=1S/C29H25ClN4O/c30-21-11-9-18(10-12-21)26-14-20-16-32-29(34-28(20)25-7-2-1-6-24(25)26)33-22(17-35)13-19-15-31-27-8-4-3-5-23(19)27/h1-12,15-16,22,26,31,35H,13-14,17H2,(H,32,33,34). The van der Waals surface area contributed by atoms with Gasteiger partial charge in [-0.3, -0.25) is 0 Å². The molecule has 0 bridgehead atoms. The molecule has 5 nitrogen and oxygen atoms in total. The van der Waals surface area contributed by atoms with E-state index < -0.39 is 0 Å². The Balaban J connectivity index is 1.29. The van der Waals surface area contributed by atoms with Gasteiger partial charge in [-0.2, -0.15) is 0 Å². The number of nitrogens with one attached hydrogen (secondary N) is 2. The van der Waals surface area contributed by atoms with Crippen molar-refractivity contribution in [3.63, 3.8) is 0 Å². The third-order valence-corrected chi connectivity index (χ3v) is 7.10. The monoisotopic (exact) mass is 480 g/mol. The number of fused-ring (bicyclic) bond motifs is 4. The Kier molecular flexibility index (Phi) is 5.72. The summed E-state index contributed by atoms with van der Waals surface area (Å²) in [4.78, 5) is 12.8. The van der Waals surface area contributed by atoms with Crippen LogP contribution in [-0.4, -0.2) is 32.7 Å². The third kappa shape index (κ3) is 4.18. The van der Waals surface area contributed by atoms with E-state index in [0.29, 0.717) is 12.4 Å². The van der Waals surface area contributed by atoms with Gasteiger partial charge in [0, 0.05) is 39.8 Å². The Morgan fingerprint density at radius 2 is 1.83 bits per heavy atom. The first-order valence-corrected chi connectivity index (χ1v) is 12.2. The predicted molar refractivity (Wildman–Crippen MR) is 141 cm³/mol. The molecule has 0 aliphatic heterocycles. The quantitative estimate of drug-likeness (QED) is 0.279. The predicted octanol–water partition coefficient (Wildman–Crippen LogP) is 5.98. The second-order valence-corrected chi connectivity index (χ2v) is 9.49. The van der Waals surface area contributed by atoms with E-state index in [-0.39, 0.29) is 18.6 Å². The number of hydrogen-bond acceptors (Lipinski definition) is 4. The Hall–Kier alpha value is -3.67. The van der Waals surface area contributed by atoms with Crippen molar-refractivity contribution in [2.45, 2.75) is 24.8 Å². The molecule has 2 aromatic heterocycles. The molecule has 5 aromatic rings. The van der Waals surface area contributed by atoms with E-state index in [1.807, 2.05) is 36.7 Å². The van der Waals surface area contributed by atoms with Gasteiger partial charge in [-0.15, -0.1) is 0 Å². The Morgan fingerprint density at radius 3 is 2.69 bits per heavy atom. The van der Waals surface area contributed by atoms with Gasteiger partial charge in [0.15, 0.2) is 0 Å². The maximum atomic E-state index is 10.1. The van der Waals surface area contributed by atoms with Crippen LogP contribution >= 0.6 is 11.6 Å². The number of aliphatic hydroxyl groups excluding tert-OH is 1. The zero-order valence-electron chi connectivity index (χ0n) is 19.1. The lowest BCUT2D eigenvalue weighted by Crippen LogP contribution is -2.27. The molecule has 0 fully saturated rings. The first-order valence-electron chi connectivity index (χ1n) is 11.8. The second kappa shape index (κ2) is 9.17. The van der Waals surface area contributed by atoms with Crippen molar-refractivity contribution in [1.29, 1.82) is 0 Å². The smallest absolute Gasteiger partial charge is 0.223 e. The van der Waals surface area contributed by atoms with Crippen LogP contribution in [-0.2, 0) is 12.8 Å². The molecule has 174 valence electrons. The number of H-pyrrole nitrogens is 1. The van der Waals surface area contributed by atoms with Crippen LogP contribution in [0, 0.1) is 0 Å². The van der Waals surface area contributed by atoms with Gasteiger partial charge in [0.05, 0.1) is 18.3 Å². The number of benzene rings is 3. The molecule has 0 saturated heterocycles. The van der Waals surface area contributed by atoms with E-state index >= 15 is 0 Å². The lowest BCUT2D eigenvalue weighted by Gasteiger charge is -2.28. The normalized spacial score (nSPS) is 15.4. The topological polar surface area (TPSA) is 73.8 Å². The summed E-state index contributed by atoms with van der Waals surface area (Å²) in [5.41, 5.74) is 7.92. The summed E-state index contributed by atoms with van der Waals surface area (Å²) in [6, 6.07) is 24.5. The largest absolute Gasteiger partial charge is 0.394 e. The van der Waals surface area contributed by atoms with Crippen LogP contribution in [0.5, 0.6) is 0 Å². The number of para-hydroxylation sites is 1. The van der Waals surface area contributed by atoms with Crippen LogP contribution in [0.25, 0.3) is 22.2 Å². The fraction of sp³-hybridized carbons (Fsp3) is 0.172. The molecule has 6 rings (SSSR count). The third-order valence-electron chi connectivity index (χ3n) is 6.85. The second-order valence-electron chi connectivity index (χ2n) is 9.05. The highest BCUT2D eigenvalue weighted by atomic mass is 35.5. The summed E-state index contributed by atoms with van der Waals surface area (Å²) in [6.45, 7) is -0.0187. The molecule has 0 amide bonds. The molecular formula is C29H25ClN4O. The van der Waals surface area contributed by atoms with Crippen LogP contribution in [0.3, 0.4) is 0 Å². The molecule has 0 spiro atoms. The average Bonchev–Trinajstić information content (AvgIpc) is 3.31. The molecule has 2 heterocycles. The van der Waals surface area contributed by atoms with Gasteiger partial charge in [0.2, 0.25) is 5.95 Å². The van der Waals surface area contributed by atoms with Crippen molar-refractivity contribution in [2.24, 2.45) is 0 Å². The summed E-state index contributed by atoms with van der Waals surface area (Å²) in [5, 5.41) is 15.4. The SMILES string of the molecule is OCC(Cc1c[nH]c2ccccc12)Nc1ncc2c(n1)-c1ccccc1C(c1ccc(Cl)cc1)C2. The van der Waals surface area contributed by atoms with Crippen LogP contribution in [0.2, 0.25) is 5.02 Å². The lowest BCUT2D eigenvalue weighted by molar-refractivity contribution is 0.273. The van der Waals surface area contributed by atoms with Gasteiger partial charge in [-0.1, -0.05) is 66.2 Å². The fourth-order valence-electron chi connectivity index (χ4n) is 5.11. The molecule has 2 unspecified atom stereocenters. The first-order chi connectivity index (χ1) is 17.2. The molecule has 3 N–H and O–H groups in total. The summed E-state index contributed by atoms with van der Waals surface area (Å²) in [6.07, 6.45) is 5.42. The van der Waals surface area contributed by atoms with Crippen molar-refractivity contribution in [3.8, 4) is 11.3 Å². The fourth-order valence-corrected chi connectivity index (χ4v) is 5.23. The Labute approximate surface area is 208 Å². The zero-order valence-corrected chi connectivity index (χ0v) is 19.8. The number of aromatic amines is 1. The average molecular weight is 481 g/mol. The van der Waals surface area contributed by atoms with E-state index in [1.54, 1.807) is 0 Å². The van der Waals surface area contributed by atoms with Gasteiger partial charge >= 0.3 is 0 Å². The number of nitrogens with zero attached hydrogens (tertiary/aromatic N) is 2. The zero-order chi connectivity index (χ0) is 23.8. The maximum absolute atomic E-state index is 10.1. The van der Waals surface area contributed by atoms with Crippen LogP contribution < -0.4 is 5.32 Å².